The summed E-state index contributed by atoms with van der Waals surface area (Å²) >= 11 is 1.73. The van der Waals surface area contributed by atoms with E-state index >= 15 is 0 Å². The molecule has 146 valence electrons. The normalized spacial score (nSPS) is 24.8. The van der Waals surface area contributed by atoms with Gasteiger partial charge in [0.1, 0.15) is 5.82 Å². The number of carbonyl (C=O) groups excluding carboxylic acids is 1. The molecule has 4 rings (SSSR count). The van der Waals surface area contributed by atoms with Crippen LogP contribution >= 0.6 is 11.3 Å². The molecule has 27 heavy (non-hydrogen) atoms. The maximum absolute atomic E-state index is 12.8. The van der Waals surface area contributed by atoms with Gasteiger partial charge < -0.3 is 10.1 Å². The molecule has 2 aromatic heterocycles. The van der Waals surface area contributed by atoms with Crippen molar-refractivity contribution in [1.82, 2.24) is 25.4 Å². The van der Waals surface area contributed by atoms with Gasteiger partial charge in [0, 0.05) is 38.1 Å². The molecule has 2 aliphatic rings. The summed E-state index contributed by atoms with van der Waals surface area (Å²) in [7, 11) is 0. The molecule has 0 aromatic carbocycles. The Kier molecular flexibility index (Phi) is 5.85. The summed E-state index contributed by atoms with van der Waals surface area (Å²) in [5.74, 6) is 2.00. The van der Waals surface area contributed by atoms with Gasteiger partial charge in [0.15, 0.2) is 5.82 Å². The number of aryl methyl sites for hydroxylation is 1. The molecule has 4 heterocycles. The minimum atomic E-state index is 0.0305. The zero-order chi connectivity index (χ0) is 18.6. The molecule has 7 nitrogen and oxygen atoms in total. The monoisotopic (exact) mass is 389 g/mol. The first-order valence-corrected chi connectivity index (χ1v) is 10.6. The number of carbonyl (C=O) groups is 1. The van der Waals surface area contributed by atoms with Crippen molar-refractivity contribution in [1.29, 1.82) is 0 Å². The van der Waals surface area contributed by atoms with Gasteiger partial charge in [0.2, 0.25) is 5.91 Å². The van der Waals surface area contributed by atoms with Crippen LogP contribution in [-0.4, -0.2) is 58.3 Å². The number of aromatic amines is 1. The molecule has 2 fully saturated rings. The molecule has 2 aliphatic heterocycles. The van der Waals surface area contributed by atoms with Crippen LogP contribution in [0.3, 0.4) is 0 Å². The lowest BCUT2D eigenvalue weighted by Gasteiger charge is -2.38. The predicted octanol–water partition coefficient (Wildman–Crippen LogP) is 2.08. The number of H-pyrrole nitrogens is 1. The average Bonchev–Trinajstić information content (AvgIpc) is 3.34. The highest BCUT2D eigenvalue weighted by Crippen LogP contribution is 2.28. The summed E-state index contributed by atoms with van der Waals surface area (Å²) < 4.78 is 5.40. The van der Waals surface area contributed by atoms with Crippen molar-refractivity contribution in [3.05, 3.63) is 34.0 Å². The van der Waals surface area contributed by atoms with Gasteiger partial charge in [0.25, 0.3) is 0 Å². The highest BCUT2D eigenvalue weighted by Gasteiger charge is 2.35. The molecule has 1 amide bonds. The fourth-order valence-corrected chi connectivity index (χ4v) is 4.71. The first kappa shape index (κ1) is 18.6. The number of aromatic nitrogens is 3. The summed E-state index contributed by atoms with van der Waals surface area (Å²) in [5.41, 5.74) is 1.33. The third-order valence-electron chi connectivity index (χ3n) is 5.55. The molecule has 0 unspecified atom stereocenters. The molecule has 8 heteroatoms. The van der Waals surface area contributed by atoms with E-state index in [0.717, 1.165) is 50.5 Å². The fourth-order valence-electron chi connectivity index (χ4n) is 4.05. The molecule has 0 radical (unpaired) electrons. The highest BCUT2D eigenvalue weighted by atomic mass is 32.1. The quantitative estimate of drug-likeness (QED) is 0.818. The van der Waals surface area contributed by atoms with Gasteiger partial charge in [-0.25, -0.2) is 4.98 Å². The van der Waals surface area contributed by atoms with E-state index in [4.69, 9.17) is 4.74 Å². The first-order valence-electron chi connectivity index (χ1n) is 9.69. The number of likely N-dealkylation sites (tertiary alicyclic amines) is 1. The number of nitrogens with zero attached hydrogens (tertiary/aromatic N) is 3. The van der Waals surface area contributed by atoms with Crippen LogP contribution in [0.5, 0.6) is 0 Å². The zero-order valence-electron chi connectivity index (χ0n) is 15.7. The molecule has 2 atom stereocenters. The van der Waals surface area contributed by atoms with E-state index in [9.17, 15) is 4.79 Å². The Balaban J connectivity index is 1.46. The van der Waals surface area contributed by atoms with Gasteiger partial charge in [0.05, 0.1) is 6.04 Å². The molecule has 2 N–H and O–H groups in total. The zero-order valence-corrected chi connectivity index (χ0v) is 16.5. The Morgan fingerprint density at radius 3 is 2.96 bits per heavy atom. The van der Waals surface area contributed by atoms with Gasteiger partial charge in [-0.1, -0.05) is 0 Å². The van der Waals surface area contributed by atoms with Crippen molar-refractivity contribution >= 4 is 17.2 Å². The van der Waals surface area contributed by atoms with Gasteiger partial charge >= 0.3 is 0 Å². The Labute approximate surface area is 163 Å². The van der Waals surface area contributed by atoms with E-state index < -0.39 is 0 Å². The van der Waals surface area contributed by atoms with Gasteiger partial charge in [-0.3, -0.25) is 14.8 Å². The molecule has 0 spiro atoms. The molecule has 2 aromatic rings. The van der Waals surface area contributed by atoms with Crippen LogP contribution in [0.25, 0.3) is 0 Å². The van der Waals surface area contributed by atoms with Crippen molar-refractivity contribution in [2.45, 2.75) is 44.7 Å². The van der Waals surface area contributed by atoms with Gasteiger partial charge in [-0.2, -0.15) is 16.4 Å². The molecular weight excluding hydrogens is 362 g/mol. The second-order valence-corrected chi connectivity index (χ2v) is 8.32. The third kappa shape index (κ3) is 4.56. The lowest BCUT2D eigenvalue weighted by atomic mass is 9.89. The van der Waals surface area contributed by atoms with Crippen molar-refractivity contribution in [2.24, 2.45) is 5.92 Å². The van der Waals surface area contributed by atoms with Crippen LogP contribution in [0.15, 0.2) is 16.8 Å². The fraction of sp³-hybridized carbons (Fsp3) is 0.632. The molecular formula is C19H27N5O2S. The standard InChI is InChI=1S/C19H27N5O2S/c1-13-20-18(23-22-13)16-2-6-24(10-14-5-9-27-12-14)11-17(16)21-19(25)15-3-7-26-8-4-15/h5,9,12,15-17H,2-4,6-8,10-11H2,1H3,(H,21,25)(H,20,22,23)/t16-,17+/m0/s1. The van der Waals surface area contributed by atoms with E-state index in [0.29, 0.717) is 13.2 Å². The minimum Gasteiger partial charge on any atom is -0.381 e. The maximum atomic E-state index is 12.8. The first-order chi connectivity index (χ1) is 13.2. The van der Waals surface area contributed by atoms with Crippen LogP contribution in [0, 0.1) is 12.8 Å². The Morgan fingerprint density at radius 2 is 2.26 bits per heavy atom. The van der Waals surface area contributed by atoms with Gasteiger partial charge in [-0.05, 0) is 55.1 Å². The number of thiophene rings is 1. The topological polar surface area (TPSA) is 83.1 Å². The van der Waals surface area contributed by atoms with E-state index in [1.165, 1.54) is 5.56 Å². The number of nitrogens with one attached hydrogen (secondary N) is 2. The van der Waals surface area contributed by atoms with Crippen LogP contribution in [0.1, 0.15) is 42.4 Å². The smallest absolute Gasteiger partial charge is 0.223 e. The summed E-state index contributed by atoms with van der Waals surface area (Å²) in [5, 5.41) is 15.0. The SMILES string of the molecule is Cc1nc([C@H]2CCN(Cc3ccsc3)C[C@H]2NC(=O)C2CCOCC2)n[nH]1. The number of hydrogen-bond acceptors (Lipinski definition) is 6. The van der Waals surface area contributed by atoms with E-state index in [1.807, 2.05) is 6.92 Å². The molecule has 2 saturated heterocycles. The van der Waals surface area contributed by atoms with E-state index in [-0.39, 0.29) is 23.8 Å². The Hall–Kier alpha value is -1.77. The number of rotatable bonds is 5. The van der Waals surface area contributed by atoms with Crippen molar-refractivity contribution in [3.63, 3.8) is 0 Å². The molecule has 0 bridgehead atoms. The summed E-state index contributed by atoms with van der Waals surface area (Å²) in [6.45, 7) is 6.00. The van der Waals surface area contributed by atoms with E-state index in [1.54, 1.807) is 11.3 Å². The lowest BCUT2D eigenvalue weighted by molar-refractivity contribution is -0.129. The maximum Gasteiger partial charge on any atom is 0.223 e. The van der Waals surface area contributed by atoms with Crippen LogP contribution < -0.4 is 5.32 Å². The second-order valence-electron chi connectivity index (χ2n) is 7.54. The molecule has 0 saturated carbocycles. The summed E-state index contributed by atoms with van der Waals surface area (Å²) in [6.07, 6.45) is 2.56. The van der Waals surface area contributed by atoms with Crippen molar-refractivity contribution in [3.8, 4) is 0 Å². The lowest BCUT2D eigenvalue weighted by Crippen LogP contribution is -2.53. The summed E-state index contributed by atoms with van der Waals surface area (Å²) in [6, 6.07) is 2.20. The minimum absolute atomic E-state index is 0.0305. The van der Waals surface area contributed by atoms with Crippen molar-refractivity contribution in [2.75, 3.05) is 26.3 Å². The number of hydrogen-bond donors (Lipinski definition) is 2. The second kappa shape index (κ2) is 8.50. The Morgan fingerprint density at radius 1 is 1.41 bits per heavy atom. The average molecular weight is 390 g/mol. The third-order valence-corrected chi connectivity index (χ3v) is 6.28. The highest BCUT2D eigenvalue weighted by molar-refractivity contribution is 7.07. The number of ether oxygens (including phenoxy) is 1. The molecule has 0 aliphatic carbocycles. The summed E-state index contributed by atoms with van der Waals surface area (Å²) in [4.78, 5) is 19.8. The van der Waals surface area contributed by atoms with Crippen LogP contribution in [0.4, 0.5) is 0 Å². The van der Waals surface area contributed by atoms with E-state index in [2.05, 4.69) is 42.2 Å². The largest absolute Gasteiger partial charge is 0.381 e. The Bertz CT molecular complexity index is 741. The van der Waals surface area contributed by atoms with Crippen LogP contribution in [-0.2, 0) is 16.1 Å². The van der Waals surface area contributed by atoms with Gasteiger partial charge in [-0.15, -0.1) is 0 Å². The van der Waals surface area contributed by atoms with Crippen LogP contribution in [0.2, 0.25) is 0 Å². The predicted molar refractivity (Wildman–Crippen MR) is 104 cm³/mol. The van der Waals surface area contributed by atoms with Crippen molar-refractivity contribution < 1.29 is 9.53 Å². The number of amides is 1. The number of piperidine rings is 1.